The maximum absolute atomic E-state index is 12.6. The number of ether oxygens (including phenoxy) is 1. The molecule has 1 aromatic heterocycles. The van der Waals surface area contributed by atoms with Gasteiger partial charge in [0.25, 0.3) is 5.91 Å². The van der Waals surface area contributed by atoms with Crippen LogP contribution in [0.3, 0.4) is 0 Å². The van der Waals surface area contributed by atoms with Crippen molar-refractivity contribution in [1.82, 2.24) is 5.32 Å². The Morgan fingerprint density at radius 3 is 2.47 bits per heavy atom. The van der Waals surface area contributed by atoms with Crippen molar-refractivity contribution in [3.8, 4) is 5.75 Å². The highest BCUT2D eigenvalue weighted by atomic mass is 16.5. The zero-order chi connectivity index (χ0) is 22.4. The van der Waals surface area contributed by atoms with Gasteiger partial charge in [-0.05, 0) is 58.2 Å². The van der Waals surface area contributed by atoms with Crippen molar-refractivity contribution in [2.75, 3.05) is 0 Å². The molecule has 2 N–H and O–H groups in total. The molecule has 30 heavy (non-hydrogen) atoms. The largest absolute Gasteiger partial charge is 0.480 e. The van der Waals surface area contributed by atoms with Crippen molar-refractivity contribution < 1.29 is 23.8 Å². The van der Waals surface area contributed by atoms with Crippen molar-refractivity contribution in [1.29, 1.82) is 0 Å². The highest BCUT2D eigenvalue weighted by molar-refractivity contribution is 5.87. The number of fused-ring (bicyclic) bond motifs is 1. The van der Waals surface area contributed by atoms with E-state index in [-0.39, 0.29) is 5.63 Å². The second kappa shape index (κ2) is 10.3. The molecule has 1 aromatic carbocycles. The van der Waals surface area contributed by atoms with Crippen LogP contribution >= 0.6 is 0 Å². The Bertz CT molecular complexity index is 978. The van der Waals surface area contributed by atoms with E-state index in [1.54, 1.807) is 13.0 Å². The molecule has 0 spiro atoms. The fourth-order valence-corrected chi connectivity index (χ4v) is 3.35. The van der Waals surface area contributed by atoms with E-state index < -0.39 is 24.0 Å². The van der Waals surface area contributed by atoms with Gasteiger partial charge in [-0.1, -0.05) is 26.2 Å². The number of carboxylic acid groups (broad SMARTS) is 1. The minimum Gasteiger partial charge on any atom is -0.480 e. The molecule has 1 amide bonds. The summed E-state index contributed by atoms with van der Waals surface area (Å²) in [7, 11) is 0. The van der Waals surface area contributed by atoms with Crippen LogP contribution in [0.1, 0.15) is 63.1 Å². The van der Waals surface area contributed by atoms with Crippen molar-refractivity contribution in [2.45, 2.75) is 78.9 Å². The zero-order valence-electron chi connectivity index (χ0n) is 18.3. The molecule has 2 atom stereocenters. The number of rotatable bonds is 10. The molecule has 164 valence electrons. The third kappa shape index (κ3) is 5.40. The number of carbonyl (C=O) groups excluding carboxylic acids is 1. The fraction of sp³-hybridized carbons (Fsp3) is 0.522. The summed E-state index contributed by atoms with van der Waals surface area (Å²) in [6, 6.07) is 2.56. The number of hydrogen-bond acceptors (Lipinski definition) is 5. The van der Waals surface area contributed by atoms with Crippen LogP contribution in [0.25, 0.3) is 11.0 Å². The molecular weight excluding hydrogens is 386 g/mol. The van der Waals surface area contributed by atoms with Gasteiger partial charge in [-0.3, -0.25) is 9.59 Å². The summed E-state index contributed by atoms with van der Waals surface area (Å²) >= 11 is 0. The van der Waals surface area contributed by atoms with Gasteiger partial charge in [-0.15, -0.1) is 0 Å². The van der Waals surface area contributed by atoms with Crippen LogP contribution in [0.4, 0.5) is 0 Å². The summed E-state index contributed by atoms with van der Waals surface area (Å²) in [5.41, 5.74) is 2.35. The first-order chi connectivity index (χ1) is 14.2. The number of carbonyl (C=O) groups is 2. The number of aliphatic carboxylic acids is 1. The van der Waals surface area contributed by atoms with E-state index in [2.05, 4.69) is 12.2 Å². The van der Waals surface area contributed by atoms with Crippen LogP contribution in [0.5, 0.6) is 5.75 Å². The minimum absolute atomic E-state index is 0.335. The molecule has 0 bridgehead atoms. The van der Waals surface area contributed by atoms with E-state index in [0.717, 1.165) is 36.6 Å². The lowest BCUT2D eigenvalue weighted by atomic mass is 9.99. The summed E-state index contributed by atoms with van der Waals surface area (Å²) in [5, 5.41) is 12.1. The summed E-state index contributed by atoms with van der Waals surface area (Å²) in [5.74, 6) is -1.25. The maximum Gasteiger partial charge on any atom is 0.339 e. The lowest BCUT2D eigenvalue weighted by Gasteiger charge is -2.18. The molecule has 0 saturated carbocycles. The normalized spacial score (nSPS) is 13.1. The van der Waals surface area contributed by atoms with Gasteiger partial charge in [0.1, 0.15) is 17.4 Å². The highest BCUT2D eigenvalue weighted by Gasteiger charge is 2.22. The third-order valence-corrected chi connectivity index (χ3v) is 5.34. The van der Waals surface area contributed by atoms with Gasteiger partial charge < -0.3 is 19.6 Å². The van der Waals surface area contributed by atoms with Crippen LogP contribution < -0.4 is 15.7 Å². The number of nitrogens with one attached hydrogen (secondary N) is 1. The molecule has 0 radical (unpaired) electrons. The number of amides is 1. The Hall–Kier alpha value is -2.83. The average Bonchev–Trinajstić information content (AvgIpc) is 2.69. The molecule has 1 heterocycles. The summed E-state index contributed by atoms with van der Waals surface area (Å²) in [4.78, 5) is 35.6. The predicted octanol–water partition coefficient (Wildman–Crippen LogP) is 3.89. The Morgan fingerprint density at radius 1 is 1.13 bits per heavy atom. The molecule has 2 rings (SSSR count). The summed E-state index contributed by atoms with van der Waals surface area (Å²) < 4.78 is 11.4. The molecule has 7 nitrogen and oxygen atoms in total. The Morgan fingerprint density at radius 2 is 1.83 bits per heavy atom. The van der Waals surface area contributed by atoms with Gasteiger partial charge in [0.15, 0.2) is 6.10 Å². The Kier molecular flexibility index (Phi) is 8.03. The van der Waals surface area contributed by atoms with Gasteiger partial charge in [0, 0.05) is 16.5 Å². The van der Waals surface area contributed by atoms with Gasteiger partial charge in [0.05, 0.1) is 0 Å². The smallest absolute Gasteiger partial charge is 0.339 e. The topological polar surface area (TPSA) is 106 Å². The highest BCUT2D eigenvalue weighted by Crippen LogP contribution is 2.30. The minimum atomic E-state index is -1.12. The van der Waals surface area contributed by atoms with Crippen LogP contribution in [0, 0.1) is 13.8 Å². The van der Waals surface area contributed by atoms with E-state index in [1.165, 1.54) is 13.8 Å². The first-order valence-electron chi connectivity index (χ1n) is 10.4. The number of carboxylic acids is 1. The predicted molar refractivity (Wildman–Crippen MR) is 115 cm³/mol. The SMILES string of the molecule is CCCCCCc1c(C)c2ccc(O[C@@H](C)C(=O)N[C@H](C)C(=O)O)c(C)c2oc1=O. The van der Waals surface area contributed by atoms with E-state index in [4.69, 9.17) is 14.3 Å². The van der Waals surface area contributed by atoms with Crippen LogP contribution in [0.15, 0.2) is 21.3 Å². The molecule has 0 aliphatic heterocycles. The fourth-order valence-electron chi connectivity index (χ4n) is 3.35. The zero-order valence-corrected chi connectivity index (χ0v) is 18.3. The summed E-state index contributed by atoms with van der Waals surface area (Å²) in [6.45, 7) is 8.76. The van der Waals surface area contributed by atoms with Crippen molar-refractivity contribution in [2.24, 2.45) is 0 Å². The molecule has 7 heteroatoms. The summed E-state index contributed by atoms with van der Waals surface area (Å²) in [6.07, 6.45) is 4.11. The second-order valence-corrected chi connectivity index (χ2v) is 7.70. The van der Waals surface area contributed by atoms with E-state index in [1.807, 2.05) is 13.0 Å². The van der Waals surface area contributed by atoms with Crippen molar-refractivity contribution >= 4 is 22.8 Å². The van der Waals surface area contributed by atoms with Crippen LogP contribution in [-0.4, -0.2) is 29.1 Å². The van der Waals surface area contributed by atoms with E-state index in [0.29, 0.717) is 28.9 Å². The lowest BCUT2D eigenvalue weighted by molar-refractivity contribution is -0.142. The van der Waals surface area contributed by atoms with E-state index >= 15 is 0 Å². The monoisotopic (exact) mass is 417 g/mol. The van der Waals surface area contributed by atoms with Gasteiger partial charge >= 0.3 is 11.6 Å². The molecule has 0 aliphatic carbocycles. The quantitative estimate of drug-likeness (QED) is 0.449. The molecule has 0 fully saturated rings. The Balaban J connectivity index is 2.26. The molecular formula is C23H31NO6. The third-order valence-electron chi connectivity index (χ3n) is 5.34. The number of unbranched alkanes of at least 4 members (excludes halogenated alkanes) is 3. The van der Waals surface area contributed by atoms with Crippen LogP contribution in [-0.2, 0) is 16.0 Å². The van der Waals surface area contributed by atoms with E-state index in [9.17, 15) is 14.4 Å². The second-order valence-electron chi connectivity index (χ2n) is 7.70. The average molecular weight is 418 g/mol. The van der Waals surface area contributed by atoms with Crippen LogP contribution in [0.2, 0.25) is 0 Å². The van der Waals surface area contributed by atoms with Crippen molar-refractivity contribution in [3.05, 3.63) is 39.2 Å². The Labute approximate surface area is 176 Å². The van der Waals surface area contributed by atoms with Gasteiger partial charge in [-0.25, -0.2) is 4.79 Å². The number of benzene rings is 1. The first kappa shape index (κ1) is 23.4. The standard InChI is InChI=1S/C23H31NO6/c1-6-7-8-9-10-18-13(2)17-11-12-19(14(3)20(17)30-23(18)28)29-16(5)21(25)24-15(4)22(26)27/h11-12,15-16H,6-10H2,1-5H3,(H,24,25)(H,26,27)/t15-,16+/m1/s1. The van der Waals surface area contributed by atoms with Gasteiger partial charge in [-0.2, -0.15) is 0 Å². The van der Waals surface area contributed by atoms with Crippen molar-refractivity contribution in [3.63, 3.8) is 0 Å². The molecule has 0 saturated heterocycles. The molecule has 2 aromatic rings. The number of aryl methyl sites for hydroxylation is 2. The number of hydrogen-bond donors (Lipinski definition) is 2. The maximum atomic E-state index is 12.6. The molecule has 0 unspecified atom stereocenters. The lowest BCUT2D eigenvalue weighted by Crippen LogP contribution is -2.44. The molecule has 0 aliphatic rings. The first-order valence-corrected chi connectivity index (χ1v) is 10.4. The van der Waals surface area contributed by atoms with Gasteiger partial charge in [0.2, 0.25) is 0 Å².